The molecule has 112 valence electrons. The lowest BCUT2D eigenvalue weighted by molar-refractivity contribution is -0.0421. The van der Waals surface area contributed by atoms with Gasteiger partial charge in [-0.2, -0.15) is 0 Å². The maximum Gasteiger partial charge on any atom is 0.123 e. The lowest BCUT2D eigenvalue weighted by atomic mass is 10.1. The van der Waals surface area contributed by atoms with E-state index >= 15 is 0 Å². The summed E-state index contributed by atoms with van der Waals surface area (Å²) >= 11 is 0. The van der Waals surface area contributed by atoms with Gasteiger partial charge in [0.05, 0.1) is 24.9 Å². The Labute approximate surface area is 120 Å². The van der Waals surface area contributed by atoms with E-state index in [0.29, 0.717) is 12.2 Å². The molecule has 1 aromatic carbocycles. The van der Waals surface area contributed by atoms with E-state index in [9.17, 15) is 5.11 Å². The maximum absolute atomic E-state index is 9.30. The van der Waals surface area contributed by atoms with Crippen LogP contribution in [0.1, 0.15) is 20.8 Å². The van der Waals surface area contributed by atoms with Crippen molar-refractivity contribution < 1.29 is 14.6 Å². The number of hydrogen-bond acceptors (Lipinski definition) is 5. The van der Waals surface area contributed by atoms with Gasteiger partial charge in [-0.25, -0.2) is 0 Å². The van der Waals surface area contributed by atoms with Crippen LogP contribution in [-0.4, -0.2) is 43.1 Å². The Morgan fingerprint density at radius 1 is 1.40 bits per heavy atom. The van der Waals surface area contributed by atoms with E-state index in [4.69, 9.17) is 15.2 Å². The predicted octanol–water partition coefficient (Wildman–Crippen LogP) is 1.64. The van der Waals surface area contributed by atoms with Crippen molar-refractivity contribution in [2.45, 2.75) is 39.1 Å². The second-order valence-electron chi connectivity index (χ2n) is 5.58. The number of ether oxygens (including phenoxy) is 2. The molecule has 3 N–H and O–H groups in total. The number of hydrogen-bond donors (Lipinski definition) is 2. The van der Waals surface area contributed by atoms with Gasteiger partial charge >= 0.3 is 0 Å². The Bertz CT molecular complexity index is 451. The first-order valence-electron chi connectivity index (χ1n) is 7.06. The van der Waals surface area contributed by atoms with Gasteiger partial charge < -0.3 is 25.2 Å². The zero-order valence-electron chi connectivity index (χ0n) is 12.4. The number of benzene rings is 1. The van der Waals surface area contributed by atoms with Crippen LogP contribution in [0.25, 0.3) is 0 Å². The van der Waals surface area contributed by atoms with Gasteiger partial charge in [0, 0.05) is 36.6 Å². The summed E-state index contributed by atoms with van der Waals surface area (Å²) in [4.78, 5) is 2.18. The number of rotatable bonds is 4. The number of aliphatic hydroxyl groups is 1. The Morgan fingerprint density at radius 2 is 2.15 bits per heavy atom. The van der Waals surface area contributed by atoms with Crippen LogP contribution in [-0.2, 0) is 4.74 Å². The number of nitrogens with zero attached hydrogens (tertiary/aromatic N) is 1. The van der Waals surface area contributed by atoms with Crippen molar-refractivity contribution in [3.8, 4) is 5.75 Å². The molecule has 1 fully saturated rings. The lowest BCUT2D eigenvalue weighted by Crippen LogP contribution is -2.48. The number of nitrogen functional groups attached to an aromatic ring is 1. The number of aliphatic hydroxyl groups excluding tert-OH is 1. The summed E-state index contributed by atoms with van der Waals surface area (Å²) in [5, 5.41) is 9.30. The molecule has 0 bridgehead atoms. The largest absolute Gasteiger partial charge is 0.491 e. The highest BCUT2D eigenvalue weighted by Crippen LogP contribution is 2.28. The number of morpholine rings is 1. The lowest BCUT2D eigenvalue weighted by Gasteiger charge is -2.37. The highest BCUT2D eigenvalue weighted by molar-refractivity contribution is 5.61. The molecule has 0 spiro atoms. The smallest absolute Gasteiger partial charge is 0.123 e. The van der Waals surface area contributed by atoms with Gasteiger partial charge in [-0.1, -0.05) is 0 Å². The Morgan fingerprint density at radius 3 is 2.80 bits per heavy atom. The predicted molar refractivity (Wildman–Crippen MR) is 80.3 cm³/mol. The molecule has 20 heavy (non-hydrogen) atoms. The average Bonchev–Trinajstić information content (AvgIpc) is 2.36. The number of nitrogens with two attached hydrogens (primary N) is 1. The molecule has 0 amide bonds. The standard InChI is InChI=1S/C15H24N2O3/c1-10(2)19-14-5-12(16)4-13(6-14)17-7-11(3)20-15(8-17)9-18/h4-6,10-11,15,18H,7-9,16H2,1-3H3. The third-order valence-corrected chi connectivity index (χ3v) is 3.18. The van der Waals surface area contributed by atoms with E-state index in [2.05, 4.69) is 4.90 Å². The van der Waals surface area contributed by atoms with Gasteiger partial charge in [0.25, 0.3) is 0 Å². The molecule has 1 aliphatic heterocycles. The van der Waals surface area contributed by atoms with Crippen LogP contribution in [0.5, 0.6) is 5.75 Å². The topological polar surface area (TPSA) is 68.0 Å². The highest BCUT2D eigenvalue weighted by Gasteiger charge is 2.25. The van der Waals surface area contributed by atoms with Crippen LogP contribution in [0.4, 0.5) is 11.4 Å². The second-order valence-corrected chi connectivity index (χ2v) is 5.58. The molecule has 1 aliphatic rings. The van der Waals surface area contributed by atoms with Crippen molar-refractivity contribution in [3.63, 3.8) is 0 Å². The van der Waals surface area contributed by atoms with Crippen molar-refractivity contribution in [3.05, 3.63) is 18.2 Å². The number of anilines is 2. The fourth-order valence-corrected chi connectivity index (χ4v) is 2.49. The molecule has 0 saturated carbocycles. The van der Waals surface area contributed by atoms with Crippen LogP contribution < -0.4 is 15.4 Å². The van der Waals surface area contributed by atoms with E-state index in [1.165, 1.54) is 0 Å². The molecule has 1 aromatic rings. The summed E-state index contributed by atoms with van der Waals surface area (Å²) in [7, 11) is 0. The monoisotopic (exact) mass is 280 g/mol. The minimum atomic E-state index is -0.158. The van der Waals surface area contributed by atoms with Crippen molar-refractivity contribution in [2.75, 3.05) is 30.3 Å². The minimum absolute atomic E-state index is 0.0263. The molecule has 1 heterocycles. The van der Waals surface area contributed by atoms with Crippen LogP contribution in [0.2, 0.25) is 0 Å². The Kier molecular flexibility index (Phi) is 4.73. The molecule has 5 nitrogen and oxygen atoms in total. The van der Waals surface area contributed by atoms with Crippen LogP contribution in [0, 0.1) is 0 Å². The molecule has 0 aromatic heterocycles. The fraction of sp³-hybridized carbons (Fsp3) is 0.600. The summed E-state index contributed by atoms with van der Waals surface area (Å²) in [5.74, 6) is 0.773. The van der Waals surface area contributed by atoms with Crippen LogP contribution >= 0.6 is 0 Å². The zero-order valence-corrected chi connectivity index (χ0v) is 12.4. The zero-order chi connectivity index (χ0) is 14.7. The van der Waals surface area contributed by atoms with E-state index in [-0.39, 0.29) is 24.9 Å². The second kappa shape index (κ2) is 6.33. The summed E-state index contributed by atoms with van der Waals surface area (Å²) in [5.41, 5.74) is 7.64. The molecular formula is C15H24N2O3. The molecule has 0 radical (unpaired) electrons. The molecule has 2 rings (SSSR count). The first-order chi connectivity index (χ1) is 9.47. The molecule has 0 aliphatic carbocycles. The average molecular weight is 280 g/mol. The normalized spacial score (nSPS) is 23.1. The van der Waals surface area contributed by atoms with E-state index in [1.807, 2.05) is 39.0 Å². The van der Waals surface area contributed by atoms with Gasteiger partial charge in [0.1, 0.15) is 5.75 Å². The first kappa shape index (κ1) is 14.9. The van der Waals surface area contributed by atoms with Crippen molar-refractivity contribution in [2.24, 2.45) is 0 Å². The maximum atomic E-state index is 9.30. The molecule has 2 atom stereocenters. The van der Waals surface area contributed by atoms with Crippen LogP contribution in [0.3, 0.4) is 0 Å². The van der Waals surface area contributed by atoms with Crippen LogP contribution in [0.15, 0.2) is 18.2 Å². The quantitative estimate of drug-likeness (QED) is 0.821. The van der Waals surface area contributed by atoms with Crippen molar-refractivity contribution in [1.29, 1.82) is 0 Å². The van der Waals surface area contributed by atoms with Gasteiger partial charge in [-0.15, -0.1) is 0 Å². The SMILES string of the molecule is CC(C)Oc1cc(N)cc(N2CC(C)OC(CO)C2)c1. The molecular weight excluding hydrogens is 256 g/mol. The minimum Gasteiger partial charge on any atom is -0.491 e. The van der Waals surface area contributed by atoms with Crippen molar-refractivity contribution in [1.82, 2.24) is 0 Å². The van der Waals surface area contributed by atoms with E-state index in [1.54, 1.807) is 0 Å². The van der Waals surface area contributed by atoms with Gasteiger partial charge in [-0.3, -0.25) is 0 Å². The summed E-state index contributed by atoms with van der Waals surface area (Å²) in [6.45, 7) is 7.45. The van der Waals surface area contributed by atoms with Gasteiger partial charge in [0.15, 0.2) is 0 Å². The highest BCUT2D eigenvalue weighted by atomic mass is 16.5. The van der Waals surface area contributed by atoms with E-state index < -0.39 is 0 Å². The molecule has 5 heteroatoms. The van der Waals surface area contributed by atoms with Gasteiger partial charge in [0.2, 0.25) is 0 Å². The molecule has 1 saturated heterocycles. The summed E-state index contributed by atoms with van der Waals surface area (Å²) < 4.78 is 11.4. The fourth-order valence-electron chi connectivity index (χ4n) is 2.49. The third kappa shape index (κ3) is 3.77. The summed E-state index contributed by atoms with van der Waals surface area (Å²) in [6, 6.07) is 5.75. The summed E-state index contributed by atoms with van der Waals surface area (Å²) in [6.07, 6.45) is 0.0323. The first-order valence-corrected chi connectivity index (χ1v) is 7.06. The molecule has 2 unspecified atom stereocenters. The Hall–Kier alpha value is -1.46. The third-order valence-electron chi connectivity index (χ3n) is 3.18. The van der Waals surface area contributed by atoms with E-state index in [0.717, 1.165) is 18.0 Å². The van der Waals surface area contributed by atoms with Crippen molar-refractivity contribution >= 4 is 11.4 Å². The Balaban J connectivity index is 2.20. The van der Waals surface area contributed by atoms with Gasteiger partial charge in [-0.05, 0) is 26.8 Å².